The number of likely N-dealkylation sites (N-methyl/N-ethyl adjacent to an activating group) is 1. The van der Waals surface area contributed by atoms with Crippen LogP contribution in [0.25, 0.3) is 11.1 Å². The van der Waals surface area contributed by atoms with E-state index in [0.29, 0.717) is 39.5 Å². The molecule has 13 nitrogen and oxygen atoms in total. The number of carbonyl (C=O) groups excluding carboxylic acids is 4. The first-order valence-corrected chi connectivity index (χ1v) is 15.0. The molecular weight excluding hydrogens is 608 g/mol. The second kappa shape index (κ2) is 16.3. The molecule has 3 amide bonds. The molecule has 1 heterocycles. The highest BCUT2D eigenvalue weighted by molar-refractivity contribution is 5.93. The van der Waals surface area contributed by atoms with E-state index >= 15 is 0 Å². The number of benzene rings is 3. The van der Waals surface area contributed by atoms with Crippen LogP contribution in [0.5, 0.6) is 17.2 Å². The van der Waals surface area contributed by atoms with Gasteiger partial charge >= 0.3 is 12.1 Å². The zero-order chi connectivity index (χ0) is 33.9. The number of ether oxygens (including phenoxy) is 5. The largest absolute Gasteiger partial charge is 0.496 e. The summed E-state index contributed by atoms with van der Waals surface area (Å²) in [4.78, 5) is 51.5. The monoisotopic (exact) mass is 648 g/mol. The number of carbonyl (C=O) groups is 4. The van der Waals surface area contributed by atoms with Gasteiger partial charge < -0.3 is 45.0 Å². The number of fused-ring (bicyclic) bond motifs is 5. The Labute approximate surface area is 273 Å². The minimum absolute atomic E-state index is 0.0254. The molecule has 3 aromatic rings. The molecule has 0 spiro atoms. The second-order valence-electron chi connectivity index (χ2n) is 10.7. The molecule has 0 aliphatic carbocycles. The molecule has 0 fully saturated rings. The highest BCUT2D eigenvalue weighted by Crippen LogP contribution is 2.44. The number of hydrogen-bond donors (Lipinski definition) is 4. The van der Waals surface area contributed by atoms with Crippen molar-refractivity contribution in [1.82, 2.24) is 21.3 Å². The van der Waals surface area contributed by atoms with Gasteiger partial charge in [-0.3, -0.25) is 9.59 Å². The van der Waals surface area contributed by atoms with E-state index in [-0.39, 0.29) is 26.2 Å². The lowest BCUT2D eigenvalue weighted by Gasteiger charge is -2.25. The number of hydrogen-bond acceptors (Lipinski definition) is 10. The third kappa shape index (κ3) is 8.70. The smallest absolute Gasteiger partial charge is 0.407 e. The Hall–Kier alpha value is -5.30. The van der Waals surface area contributed by atoms with Crippen molar-refractivity contribution in [3.8, 4) is 28.4 Å². The maximum absolute atomic E-state index is 13.3. The maximum atomic E-state index is 13.3. The van der Waals surface area contributed by atoms with Gasteiger partial charge in [0.25, 0.3) is 0 Å². The minimum Gasteiger partial charge on any atom is -0.496 e. The van der Waals surface area contributed by atoms with Gasteiger partial charge in [-0.1, -0.05) is 36.4 Å². The van der Waals surface area contributed by atoms with Crippen molar-refractivity contribution < 1.29 is 42.9 Å². The normalized spacial score (nSPS) is 17.7. The van der Waals surface area contributed by atoms with Crippen LogP contribution in [-0.2, 0) is 36.9 Å². The number of methoxy groups -OCH3 is 3. The van der Waals surface area contributed by atoms with E-state index in [1.165, 1.54) is 28.3 Å². The molecule has 3 atom stereocenters. The van der Waals surface area contributed by atoms with Crippen LogP contribution in [0.15, 0.2) is 60.7 Å². The lowest BCUT2D eigenvalue weighted by Crippen LogP contribution is -2.52. The molecule has 4 N–H and O–H groups in total. The molecule has 0 aromatic heterocycles. The fourth-order valence-corrected chi connectivity index (χ4v) is 5.18. The predicted molar refractivity (Wildman–Crippen MR) is 172 cm³/mol. The summed E-state index contributed by atoms with van der Waals surface area (Å²) in [6.45, 7) is 1.82. The Morgan fingerprint density at radius 3 is 2.34 bits per heavy atom. The second-order valence-corrected chi connectivity index (χ2v) is 10.7. The van der Waals surface area contributed by atoms with E-state index in [4.69, 9.17) is 23.7 Å². The van der Waals surface area contributed by atoms with Gasteiger partial charge in [0.1, 0.15) is 37.1 Å². The van der Waals surface area contributed by atoms with Crippen LogP contribution in [0.1, 0.15) is 29.7 Å². The summed E-state index contributed by atoms with van der Waals surface area (Å²) >= 11 is 0. The van der Waals surface area contributed by atoms with Crippen molar-refractivity contribution >= 4 is 23.9 Å². The van der Waals surface area contributed by atoms with Gasteiger partial charge in [0, 0.05) is 17.5 Å². The van der Waals surface area contributed by atoms with E-state index in [2.05, 4.69) is 21.3 Å². The van der Waals surface area contributed by atoms with Crippen LogP contribution in [-0.4, -0.2) is 77.5 Å². The van der Waals surface area contributed by atoms with Gasteiger partial charge in [-0.05, 0) is 54.9 Å². The number of nitrogens with one attached hydrogen (secondary N) is 4. The maximum Gasteiger partial charge on any atom is 0.407 e. The quantitative estimate of drug-likeness (QED) is 0.190. The molecule has 0 saturated heterocycles. The average Bonchev–Trinajstić information content (AvgIpc) is 3.08. The fourth-order valence-electron chi connectivity index (χ4n) is 5.18. The van der Waals surface area contributed by atoms with E-state index in [9.17, 15) is 19.2 Å². The number of alkyl carbamates (subject to hydrolysis) is 1. The molecule has 0 saturated carbocycles. The summed E-state index contributed by atoms with van der Waals surface area (Å²) < 4.78 is 27.9. The van der Waals surface area contributed by atoms with E-state index in [0.717, 1.165) is 5.56 Å². The van der Waals surface area contributed by atoms with Crippen molar-refractivity contribution in [3.63, 3.8) is 0 Å². The zero-order valence-electron chi connectivity index (χ0n) is 27.0. The summed E-state index contributed by atoms with van der Waals surface area (Å²) in [6.07, 6.45) is -0.576. The zero-order valence-corrected chi connectivity index (χ0v) is 27.0. The van der Waals surface area contributed by atoms with Crippen molar-refractivity contribution in [2.45, 2.75) is 38.1 Å². The molecule has 1 aliphatic heterocycles. The van der Waals surface area contributed by atoms with E-state index in [1.807, 2.05) is 30.3 Å². The summed E-state index contributed by atoms with van der Waals surface area (Å²) in [5, 5.41) is 11.1. The third-order valence-corrected chi connectivity index (χ3v) is 7.55. The SMILES string of the molecule is CN[C@@H]1C(=O)N[C@@H](C)C(=O)N[C@H](C(=O)OC)Cc2cc(OCCNC(=O)OCc3ccccc3)c(OC)c(c2)-c2cc1ccc2OC. The Kier molecular flexibility index (Phi) is 12.0. The minimum atomic E-state index is -1.08. The van der Waals surface area contributed by atoms with Crippen LogP contribution in [0.2, 0.25) is 0 Å². The first kappa shape index (κ1) is 34.6. The lowest BCUT2D eigenvalue weighted by atomic mass is 9.93. The van der Waals surface area contributed by atoms with Crippen molar-refractivity contribution in [1.29, 1.82) is 0 Å². The fraction of sp³-hybridized carbons (Fsp3) is 0.353. The van der Waals surface area contributed by atoms with Gasteiger partial charge in [0.05, 0.1) is 27.9 Å². The summed E-state index contributed by atoms with van der Waals surface area (Å²) in [7, 11) is 5.88. The third-order valence-electron chi connectivity index (χ3n) is 7.55. The van der Waals surface area contributed by atoms with Gasteiger partial charge in [-0.2, -0.15) is 0 Å². The first-order valence-electron chi connectivity index (χ1n) is 15.0. The van der Waals surface area contributed by atoms with Crippen LogP contribution < -0.4 is 35.5 Å². The van der Waals surface area contributed by atoms with Gasteiger partial charge in [0.2, 0.25) is 11.8 Å². The summed E-state index contributed by atoms with van der Waals surface area (Å²) in [5.41, 5.74) is 3.20. The Morgan fingerprint density at radius 1 is 0.894 bits per heavy atom. The summed E-state index contributed by atoms with van der Waals surface area (Å²) in [5.74, 6) is -0.531. The average molecular weight is 649 g/mol. The van der Waals surface area contributed by atoms with E-state index in [1.54, 1.807) is 37.4 Å². The van der Waals surface area contributed by atoms with Gasteiger partial charge in [-0.15, -0.1) is 0 Å². The topological polar surface area (TPSA) is 163 Å². The molecule has 47 heavy (non-hydrogen) atoms. The number of esters is 1. The van der Waals surface area contributed by atoms with Crippen molar-refractivity contribution in [3.05, 3.63) is 77.4 Å². The lowest BCUT2D eigenvalue weighted by molar-refractivity contribution is -0.145. The van der Waals surface area contributed by atoms with Crippen molar-refractivity contribution in [2.24, 2.45) is 0 Å². The molecule has 0 unspecified atom stereocenters. The van der Waals surface area contributed by atoms with Crippen LogP contribution >= 0.6 is 0 Å². The molecule has 250 valence electrons. The first-order chi connectivity index (χ1) is 22.7. The standard InChI is InChI=1S/C34H40N4O9/c1-20-31(39)38-26(33(41)45-5)16-22-15-25(24-18-23(11-12-27(24)43-3)29(35-2)32(40)37-20)30(44-4)28(17-22)46-14-13-36-34(42)47-19-21-9-7-6-8-10-21/h6-12,15,17-18,20,26,29,35H,13-14,16,19H2,1-5H3,(H,36,42)(H,37,40)(H,38,39)/t20-,26-,29-/m0/s1. The molecule has 3 aromatic carbocycles. The molecule has 0 radical (unpaired) electrons. The van der Waals surface area contributed by atoms with Crippen LogP contribution in [0.4, 0.5) is 4.79 Å². The molecule has 13 heteroatoms. The van der Waals surface area contributed by atoms with Crippen molar-refractivity contribution in [2.75, 3.05) is 41.5 Å². The van der Waals surface area contributed by atoms with Crippen LogP contribution in [0.3, 0.4) is 0 Å². The van der Waals surface area contributed by atoms with Crippen LogP contribution in [0, 0.1) is 0 Å². The molecule has 1 aliphatic rings. The predicted octanol–water partition coefficient (Wildman–Crippen LogP) is 2.66. The summed E-state index contributed by atoms with van der Waals surface area (Å²) in [6, 6.07) is 15.2. The number of amides is 3. The molecule has 4 rings (SSSR count). The van der Waals surface area contributed by atoms with Gasteiger partial charge in [0.15, 0.2) is 11.5 Å². The molecule has 4 bridgehead atoms. The highest BCUT2D eigenvalue weighted by Gasteiger charge is 2.30. The highest BCUT2D eigenvalue weighted by atomic mass is 16.6. The number of rotatable bonds is 10. The Morgan fingerprint density at radius 2 is 1.66 bits per heavy atom. The van der Waals surface area contributed by atoms with Gasteiger partial charge in [-0.25, -0.2) is 9.59 Å². The Bertz CT molecular complexity index is 1580. The Balaban J connectivity index is 1.71. The van der Waals surface area contributed by atoms with E-state index < -0.39 is 42.0 Å². The molecular formula is C34H40N4O9.